The third kappa shape index (κ3) is 8.95. The van der Waals surface area contributed by atoms with Crippen LogP contribution in [0.2, 0.25) is 0 Å². The van der Waals surface area contributed by atoms with Crippen molar-refractivity contribution in [3.8, 4) is 17.6 Å². The van der Waals surface area contributed by atoms with E-state index in [-0.39, 0.29) is 19.0 Å². The minimum absolute atomic E-state index is 0.240. The van der Waals surface area contributed by atoms with Crippen LogP contribution in [0, 0.1) is 23.7 Å². The number of piperazine rings is 1. The molecule has 4 N–H and O–H groups in total. The van der Waals surface area contributed by atoms with Crippen molar-refractivity contribution in [3.05, 3.63) is 59.2 Å². The van der Waals surface area contributed by atoms with Crippen LogP contribution in [-0.2, 0) is 15.0 Å². The number of carbonyl (C=O) groups is 2. The zero-order valence-corrected chi connectivity index (χ0v) is 25.7. The molecule has 232 valence electrons. The number of nitrogens with two attached hydrogens (primary N) is 1. The highest BCUT2D eigenvalue weighted by Crippen LogP contribution is 2.27. The van der Waals surface area contributed by atoms with E-state index in [0.29, 0.717) is 42.5 Å². The molecule has 1 aliphatic carbocycles. The summed E-state index contributed by atoms with van der Waals surface area (Å²) in [5.41, 5.74) is 8.34. The highest BCUT2D eigenvalue weighted by molar-refractivity contribution is 7.87. The van der Waals surface area contributed by atoms with Gasteiger partial charge in [-0.15, -0.1) is 0 Å². The first-order valence-corrected chi connectivity index (χ1v) is 16.4. The van der Waals surface area contributed by atoms with Crippen LogP contribution in [0.3, 0.4) is 0 Å². The van der Waals surface area contributed by atoms with Gasteiger partial charge < -0.3 is 20.5 Å². The van der Waals surface area contributed by atoms with Gasteiger partial charge >= 0.3 is 5.97 Å². The lowest BCUT2D eigenvalue weighted by atomic mass is 9.87. The second kappa shape index (κ2) is 14.7. The highest BCUT2D eigenvalue weighted by Gasteiger charge is 2.33. The predicted octanol–water partition coefficient (Wildman–Crippen LogP) is 3.60. The number of aliphatic carboxylic acids is 1. The number of nitrogens with zero attached hydrogens (tertiary/aromatic N) is 2. The zero-order valence-electron chi connectivity index (χ0n) is 24.9. The Bertz CT molecular complexity index is 1430. The molecule has 10 nitrogen and oxygen atoms in total. The van der Waals surface area contributed by atoms with Crippen molar-refractivity contribution in [1.29, 1.82) is 0 Å². The molecule has 1 saturated carbocycles. The summed E-state index contributed by atoms with van der Waals surface area (Å²) in [7, 11) is -3.92. The first-order chi connectivity index (χ1) is 20.5. The first kappa shape index (κ1) is 32.3. The van der Waals surface area contributed by atoms with E-state index in [4.69, 9.17) is 10.5 Å². The quantitative estimate of drug-likeness (QED) is 0.330. The van der Waals surface area contributed by atoms with Gasteiger partial charge in [0.05, 0.1) is 12.2 Å². The Balaban J connectivity index is 1.33. The van der Waals surface area contributed by atoms with Crippen LogP contribution >= 0.6 is 0 Å². The van der Waals surface area contributed by atoms with Crippen molar-refractivity contribution >= 4 is 27.8 Å². The van der Waals surface area contributed by atoms with E-state index in [9.17, 15) is 23.1 Å². The Labute approximate surface area is 254 Å². The van der Waals surface area contributed by atoms with E-state index in [0.717, 1.165) is 17.7 Å². The number of carboxylic acids is 1. The third-order valence-corrected chi connectivity index (χ3v) is 9.72. The molecular weight excluding hydrogens is 568 g/mol. The van der Waals surface area contributed by atoms with E-state index in [1.165, 1.54) is 36.4 Å². The summed E-state index contributed by atoms with van der Waals surface area (Å²) < 4.78 is 35.0. The molecule has 1 saturated heterocycles. The van der Waals surface area contributed by atoms with Gasteiger partial charge in [-0.2, -0.15) is 17.4 Å². The van der Waals surface area contributed by atoms with Crippen LogP contribution in [0.25, 0.3) is 0 Å². The van der Waals surface area contributed by atoms with E-state index in [1.807, 2.05) is 30.3 Å². The van der Waals surface area contributed by atoms with Crippen LogP contribution in [0.5, 0.6) is 5.75 Å². The van der Waals surface area contributed by atoms with Gasteiger partial charge in [-0.1, -0.05) is 57.8 Å². The largest absolute Gasteiger partial charge is 0.493 e. The van der Waals surface area contributed by atoms with Gasteiger partial charge in [0.15, 0.2) is 0 Å². The van der Waals surface area contributed by atoms with Crippen molar-refractivity contribution in [2.45, 2.75) is 58.4 Å². The number of carboxylic acid groups (broad SMARTS) is 1. The third-order valence-electron chi connectivity index (χ3n) is 8.12. The topological polar surface area (TPSA) is 142 Å². The SMILES string of the molecule is CC(C)C(NS(=O)(=O)N1CCN(c2ccc(C#Cc3ccc(OCCC4CCCCC4)c(C(N)=O)c3)cc2)CC1)C(=O)O. The van der Waals surface area contributed by atoms with Crippen molar-refractivity contribution in [2.24, 2.45) is 17.6 Å². The molecule has 0 aromatic heterocycles. The average Bonchev–Trinajstić information content (AvgIpc) is 3.00. The molecule has 1 unspecified atom stereocenters. The van der Waals surface area contributed by atoms with Crippen molar-refractivity contribution in [2.75, 3.05) is 37.7 Å². The van der Waals surface area contributed by atoms with Gasteiger partial charge in [-0.05, 0) is 60.7 Å². The monoisotopic (exact) mass is 610 g/mol. The molecule has 1 atom stereocenters. The minimum atomic E-state index is -3.92. The molecule has 43 heavy (non-hydrogen) atoms. The fraction of sp³-hybridized carbons (Fsp3) is 0.500. The number of carbonyl (C=O) groups excluding carboxylic acids is 1. The van der Waals surface area contributed by atoms with E-state index in [1.54, 1.807) is 26.0 Å². The number of amides is 1. The molecule has 1 aliphatic heterocycles. The van der Waals surface area contributed by atoms with E-state index < -0.39 is 28.1 Å². The molecule has 1 heterocycles. The summed E-state index contributed by atoms with van der Waals surface area (Å²) in [6.07, 6.45) is 7.35. The normalized spacial score (nSPS) is 17.2. The van der Waals surface area contributed by atoms with Crippen LogP contribution < -0.4 is 20.1 Å². The maximum Gasteiger partial charge on any atom is 0.322 e. The van der Waals surface area contributed by atoms with Crippen molar-refractivity contribution in [1.82, 2.24) is 9.03 Å². The number of benzene rings is 2. The van der Waals surface area contributed by atoms with Crippen LogP contribution in [0.4, 0.5) is 5.69 Å². The second-order valence-electron chi connectivity index (χ2n) is 11.6. The number of anilines is 1. The standard InChI is InChI=1S/C32H42N4O6S/c1-23(2)30(32(38)39)34-43(40,41)36-19-17-35(18-20-36)27-13-10-25(11-14-27)8-9-26-12-15-29(28(22-26)31(33)37)42-21-16-24-6-4-3-5-7-24/h10-15,22-24,30,34H,3-7,16-21H2,1-2H3,(H2,33,37)(H,38,39). The molecule has 0 radical (unpaired) electrons. The molecule has 0 bridgehead atoms. The molecule has 11 heteroatoms. The summed E-state index contributed by atoms with van der Waals surface area (Å²) in [5.74, 6) is 5.27. The summed E-state index contributed by atoms with van der Waals surface area (Å²) >= 11 is 0. The summed E-state index contributed by atoms with van der Waals surface area (Å²) in [6.45, 7) is 5.31. The number of primary amides is 1. The molecule has 0 spiro atoms. The van der Waals surface area contributed by atoms with Crippen LogP contribution in [0.1, 0.15) is 73.9 Å². The maximum atomic E-state index is 12.7. The van der Waals surface area contributed by atoms with Gasteiger partial charge in [0, 0.05) is 43.0 Å². The van der Waals surface area contributed by atoms with E-state index >= 15 is 0 Å². The number of rotatable bonds is 11. The highest BCUT2D eigenvalue weighted by atomic mass is 32.2. The minimum Gasteiger partial charge on any atom is -0.493 e. The summed E-state index contributed by atoms with van der Waals surface area (Å²) in [6, 6.07) is 11.7. The number of hydrogen-bond acceptors (Lipinski definition) is 6. The maximum absolute atomic E-state index is 12.7. The lowest BCUT2D eigenvalue weighted by Crippen LogP contribution is -2.55. The predicted molar refractivity (Wildman–Crippen MR) is 166 cm³/mol. The van der Waals surface area contributed by atoms with Gasteiger partial charge in [-0.25, -0.2) is 0 Å². The Morgan fingerprint density at radius 3 is 2.23 bits per heavy atom. The number of nitrogens with one attached hydrogen (secondary N) is 1. The zero-order chi connectivity index (χ0) is 31.0. The van der Waals surface area contributed by atoms with Crippen molar-refractivity contribution in [3.63, 3.8) is 0 Å². The fourth-order valence-corrected chi connectivity index (χ4v) is 7.02. The van der Waals surface area contributed by atoms with E-state index in [2.05, 4.69) is 21.5 Å². The van der Waals surface area contributed by atoms with Crippen LogP contribution in [0.15, 0.2) is 42.5 Å². The summed E-state index contributed by atoms with van der Waals surface area (Å²) in [5, 5.41) is 9.35. The van der Waals surface area contributed by atoms with Crippen molar-refractivity contribution < 1.29 is 27.9 Å². The van der Waals surface area contributed by atoms with Gasteiger partial charge in [-0.3, -0.25) is 9.59 Å². The average molecular weight is 611 g/mol. The first-order valence-electron chi connectivity index (χ1n) is 15.0. The van der Waals surface area contributed by atoms with Gasteiger partial charge in [0.2, 0.25) is 0 Å². The Morgan fingerprint density at radius 2 is 1.63 bits per heavy atom. The Morgan fingerprint density at radius 1 is 1.00 bits per heavy atom. The number of ether oxygens (including phenoxy) is 1. The van der Waals surface area contributed by atoms with Crippen LogP contribution in [-0.4, -0.2) is 68.5 Å². The second-order valence-corrected chi connectivity index (χ2v) is 13.3. The molecule has 2 aromatic carbocycles. The fourth-order valence-electron chi connectivity index (χ4n) is 5.53. The van der Waals surface area contributed by atoms with Gasteiger partial charge in [0.25, 0.3) is 16.1 Å². The molecule has 2 fully saturated rings. The lowest BCUT2D eigenvalue weighted by Gasteiger charge is -2.36. The number of hydrogen-bond donors (Lipinski definition) is 3. The molecule has 2 aromatic rings. The molecular formula is C32H42N4O6S. The molecule has 1 amide bonds. The smallest absolute Gasteiger partial charge is 0.322 e. The Kier molecular flexibility index (Phi) is 11.1. The molecule has 4 rings (SSSR count). The molecule has 2 aliphatic rings. The lowest BCUT2D eigenvalue weighted by molar-refractivity contribution is -0.140. The Hall–Kier alpha value is -3.59. The van der Waals surface area contributed by atoms with Gasteiger partial charge in [0.1, 0.15) is 11.8 Å². The summed E-state index contributed by atoms with van der Waals surface area (Å²) in [4.78, 5) is 25.6.